The highest BCUT2D eigenvalue weighted by molar-refractivity contribution is 5.94. The molecule has 0 aliphatic carbocycles. The first-order valence-electron chi connectivity index (χ1n) is 7.79. The number of urea groups is 1. The Morgan fingerprint density at radius 2 is 1.86 bits per heavy atom. The number of para-hydroxylation sites is 1. The SMILES string of the molecule is CN1CCN(c2ccccc2CCN2CCNCC2)C1=O. The van der Waals surface area contributed by atoms with Crippen molar-refractivity contribution >= 4 is 11.7 Å². The number of piperazine rings is 1. The van der Waals surface area contributed by atoms with Crippen LogP contribution in [0, 0.1) is 0 Å². The van der Waals surface area contributed by atoms with E-state index in [-0.39, 0.29) is 6.03 Å². The van der Waals surface area contributed by atoms with Crippen LogP contribution in [0.1, 0.15) is 5.56 Å². The molecule has 0 bridgehead atoms. The summed E-state index contributed by atoms with van der Waals surface area (Å²) < 4.78 is 0. The number of hydrogen-bond acceptors (Lipinski definition) is 3. The molecule has 0 saturated carbocycles. The Bertz CT molecular complexity index is 499. The summed E-state index contributed by atoms with van der Waals surface area (Å²) in [5.41, 5.74) is 2.36. The van der Waals surface area contributed by atoms with Gasteiger partial charge in [-0.3, -0.25) is 4.90 Å². The number of nitrogens with zero attached hydrogens (tertiary/aromatic N) is 3. The van der Waals surface area contributed by atoms with Crippen LogP contribution < -0.4 is 10.2 Å². The topological polar surface area (TPSA) is 38.8 Å². The molecule has 2 saturated heterocycles. The molecule has 0 unspecified atom stereocenters. The molecule has 5 heteroatoms. The maximum Gasteiger partial charge on any atom is 0.324 e. The zero-order valence-corrected chi connectivity index (χ0v) is 12.7. The molecule has 2 heterocycles. The van der Waals surface area contributed by atoms with E-state index in [0.29, 0.717) is 0 Å². The van der Waals surface area contributed by atoms with Gasteiger partial charge < -0.3 is 15.1 Å². The van der Waals surface area contributed by atoms with Crippen molar-refractivity contribution in [1.82, 2.24) is 15.1 Å². The van der Waals surface area contributed by atoms with Gasteiger partial charge in [0, 0.05) is 58.5 Å². The van der Waals surface area contributed by atoms with Crippen molar-refractivity contribution in [3.05, 3.63) is 29.8 Å². The van der Waals surface area contributed by atoms with Crippen LogP contribution in [-0.2, 0) is 6.42 Å². The Morgan fingerprint density at radius 1 is 1.10 bits per heavy atom. The quantitative estimate of drug-likeness (QED) is 0.898. The summed E-state index contributed by atoms with van der Waals surface area (Å²) in [6.45, 7) is 7.07. The third-order valence-electron chi connectivity index (χ3n) is 4.41. The van der Waals surface area contributed by atoms with Crippen molar-refractivity contribution in [3.63, 3.8) is 0 Å². The molecular formula is C16H24N4O. The molecule has 2 amide bonds. The van der Waals surface area contributed by atoms with E-state index in [0.717, 1.165) is 57.9 Å². The number of carbonyl (C=O) groups excluding carboxylic acids is 1. The van der Waals surface area contributed by atoms with Crippen LogP contribution >= 0.6 is 0 Å². The Kier molecular flexibility index (Phi) is 4.41. The predicted octanol–water partition coefficient (Wildman–Crippen LogP) is 1.01. The summed E-state index contributed by atoms with van der Waals surface area (Å²) in [6, 6.07) is 8.44. The van der Waals surface area contributed by atoms with Crippen LogP contribution in [0.15, 0.2) is 24.3 Å². The Morgan fingerprint density at radius 3 is 2.57 bits per heavy atom. The largest absolute Gasteiger partial charge is 0.326 e. The first kappa shape index (κ1) is 14.4. The molecule has 1 aromatic rings. The summed E-state index contributed by atoms with van der Waals surface area (Å²) >= 11 is 0. The van der Waals surface area contributed by atoms with E-state index >= 15 is 0 Å². The van der Waals surface area contributed by atoms with E-state index in [1.54, 1.807) is 4.90 Å². The fourth-order valence-corrected chi connectivity index (χ4v) is 3.07. The molecule has 3 rings (SSSR count). The second kappa shape index (κ2) is 6.45. The molecule has 2 aliphatic heterocycles. The van der Waals surface area contributed by atoms with E-state index in [1.807, 2.05) is 18.0 Å². The number of carbonyl (C=O) groups is 1. The standard InChI is InChI=1S/C16H24N4O/c1-18-12-13-20(16(18)21)15-5-3-2-4-14(15)6-9-19-10-7-17-8-11-19/h2-5,17H,6-13H2,1H3. The van der Waals surface area contributed by atoms with Crippen LogP contribution in [-0.4, -0.2) is 68.7 Å². The van der Waals surface area contributed by atoms with Crippen molar-refractivity contribution in [2.75, 3.05) is 57.8 Å². The molecule has 0 radical (unpaired) electrons. The van der Waals surface area contributed by atoms with Crippen LogP contribution in [0.25, 0.3) is 0 Å². The van der Waals surface area contributed by atoms with E-state index in [1.165, 1.54) is 5.56 Å². The van der Waals surface area contributed by atoms with E-state index < -0.39 is 0 Å². The van der Waals surface area contributed by atoms with E-state index in [2.05, 4.69) is 28.4 Å². The zero-order valence-electron chi connectivity index (χ0n) is 12.7. The van der Waals surface area contributed by atoms with Gasteiger partial charge in [0.2, 0.25) is 0 Å². The lowest BCUT2D eigenvalue weighted by Gasteiger charge is -2.28. The van der Waals surface area contributed by atoms with Gasteiger partial charge in [0.25, 0.3) is 0 Å². The summed E-state index contributed by atoms with van der Waals surface area (Å²) in [6.07, 6.45) is 1.00. The average molecular weight is 288 g/mol. The maximum absolute atomic E-state index is 12.2. The van der Waals surface area contributed by atoms with Crippen molar-refractivity contribution in [2.45, 2.75) is 6.42 Å². The molecule has 0 spiro atoms. The lowest BCUT2D eigenvalue weighted by molar-refractivity contribution is 0.229. The lowest BCUT2D eigenvalue weighted by Crippen LogP contribution is -2.44. The van der Waals surface area contributed by atoms with E-state index in [4.69, 9.17) is 0 Å². The highest BCUT2D eigenvalue weighted by Crippen LogP contribution is 2.24. The Labute approximate surface area is 126 Å². The molecule has 5 nitrogen and oxygen atoms in total. The van der Waals surface area contributed by atoms with E-state index in [9.17, 15) is 4.79 Å². The normalized spacial score (nSPS) is 20.3. The minimum atomic E-state index is 0.115. The second-order valence-corrected chi connectivity index (χ2v) is 5.83. The fraction of sp³-hybridized carbons (Fsp3) is 0.562. The number of anilines is 1. The van der Waals surface area contributed by atoms with Gasteiger partial charge in [-0.15, -0.1) is 0 Å². The summed E-state index contributed by atoms with van der Waals surface area (Å²) in [5, 5.41) is 3.38. The van der Waals surface area contributed by atoms with Crippen molar-refractivity contribution < 1.29 is 4.79 Å². The van der Waals surface area contributed by atoms with Crippen molar-refractivity contribution in [3.8, 4) is 0 Å². The highest BCUT2D eigenvalue weighted by Gasteiger charge is 2.27. The number of benzene rings is 1. The molecule has 114 valence electrons. The summed E-state index contributed by atoms with van der Waals surface area (Å²) in [4.78, 5) is 18.4. The zero-order chi connectivity index (χ0) is 14.7. The highest BCUT2D eigenvalue weighted by atomic mass is 16.2. The summed E-state index contributed by atoms with van der Waals surface area (Å²) in [5.74, 6) is 0. The predicted molar refractivity (Wildman–Crippen MR) is 84.8 cm³/mol. The molecular weight excluding hydrogens is 264 g/mol. The minimum absolute atomic E-state index is 0.115. The fourth-order valence-electron chi connectivity index (χ4n) is 3.07. The van der Waals surface area contributed by atoms with Gasteiger partial charge in [0.15, 0.2) is 0 Å². The number of hydrogen-bond donors (Lipinski definition) is 1. The smallest absolute Gasteiger partial charge is 0.324 e. The Balaban J connectivity index is 1.69. The molecule has 1 N–H and O–H groups in total. The van der Waals surface area contributed by atoms with Crippen LogP contribution in [0.2, 0.25) is 0 Å². The Hall–Kier alpha value is -1.59. The minimum Gasteiger partial charge on any atom is -0.326 e. The third-order valence-corrected chi connectivity index (χ3v) is 4.41. The third kappa shape index (κ3) is 3.19. The van der Waals surface area contributed by atoms with Gasteiger partial charge >= 0.3 is 6.03 Å². The number of likely N-dealkylation sites (N-methyl/N-ethyl adjacent to an activating group) is 1. The first-order chi connectivity index (χ1) is 10.3. The van der Waals surface area contributed by atoms with Gasteiger partial charge in [-0.05, 0) is 18.1 Å². The van der Waals surface area contributed by atoms with Gasteiger partial charge in [-0.25, -0.2) is 4.79 Å². The molecule has 0 aromatic heterocycles. The average Bonchev–Trinajstić information content (AvgIpc) is 2.86. The number of amides is 2. The molecule has 0 atom stereocenters. The molecule has 2 aliphatic rings. The lowest BCUT2D eigenvalue weighted by atomic mass is 10.1. The summed E-state index contributed by atoms with van der Waals surface area (Å²) in [7, 11) is 1.87. The molecule has 2 fully saturated rings. The second-order valence-electron chi connectivity index (χ2n) is 5.83. The maximum atomic E-state index is 12.2. The van der Waals surface area contributed by atoms with Gasteiger partial charge in [0.05, 0.1) is 0 Å². The molecule has 21 heavy (non-hydrogen) atoms. The van der Waals surface area contributed by atoms with Crippen LogP contribution in [0.4, 0.5) is 10.5 Å². The first-order valence-corrected chi connectivity index (χ1v) is 7.79. The van der Waals surface area contributed by atoms with Crippen molar-refractivity contribution in [2.24, 2.45) is 0 Å². The monoisotopic (exact) mass is 288 g/mol. The number of rotatable bonds is 4. The van der Waals surface area contributed by atoms with Gasteiger partial charge in [-0.1, -0.05) is 18.2 Å². The van der Waals surface area contributed by atoms with Crippen LogP contribution in [0.3, 0.4) is 0 Å². The van der Waals surface area contributed by atoms with Gasteiger partial charge in [0.1, 0.15) is 0 Å². The van der Waals surface area contributed by atoms with Crippen LogP contribution in [0.5, 0.6) is 0 Å². The van der Waals surface area contributed by atoms with Gasteiger partial charge in [-0.2, -0.15) is 0 Å². The number of nitrogens with one attached hydrogen (secondary N) is 1. The molecule has 1 aromatic carbocycles. The van der Waals surface area contributed by atoms with Crippen molar-refractivity contribution in [1.29, 1.82) is 0 Å².